The second-order valence-corrected chi connectivity index (χ2v) is 3.57. The van der Waals surface area contributed by atoms with Crippen LogP contribution in [0.25, 0.3) is 0 Å². The van der Waals surface area contributed by atoms with Gasteiger partial charge in [-0.05, 0) is 26.4 Å². The van der Waals surface area contributed by atoms with Gasteiger partial charge in [0, 0.05) is 12.6 Å². The average molecular weight is 156 g/mol. The number of hydrogen-bond acceptors (Lipinski definition) is 2. The molecule has 1 atom stereocenters. The quantitative estimate of drug-likeness (QED) is 0.618. The molecule has 66 valence electrons. The van der Waals surface area contributed by atoms with E-state index in [-0.39, 0.29) is 0 Å². The summed E-state index contributed by atoms with van der Waals surface area (Å²) < 4.78 is 0. The van der Waals surface area contributed by atoms with Crippen molar-refractivity contribution in [3.05, 3.63) is 0 Å². The number of likely N-dealkylation sites (N-methyl/N-ethyl adjacent to an activating group) is 1. The largest absolute Gasteiger partial charge is 0.329 e. The number of rotatable bonds is 1. The Hall–Kier alpha value is -0.0800. The fraction of sp³-hybridized carbons (Fsp3) is 1.00. The van der Waals surface area contributed by atoms with Crippen molar-refractivity contribution in [3.8, 4) is 0 Å². The molecule has 0 amide bonds. The van der Waals surface area contributed by atoms with Crippen molar-refractivity contribution in [1.29, 1.82) is 0 Å². The Kier molecular flexibility index (Phi) is 3.87. The fourth-order valence-corrected chi connectivity index (χ4v) is 1.80. The smallest absolute Gasteiger partial charge is 0.0215 e. The first kappa shape index (κ1) is 9.01. The fourth-order valence-electron chi connectivity index (χ4n) is 1.80. The molecule has 0 aliphatic carbocycles. The molecule has 1 rings (SSSR count). The molecular formula is C9H20N2. The molecule has 0 spiro atoms. The highest BCUT2D eigenvalue weighted by Crippen LogP contribution is 2.13. The van der Waals surface area contributed by atoms with Crippen LogP contribution >= 0.6 is 0 Å². The molecule has 0 aromatic rings. The van der Waals surface area contributed by atoms with Gasteiger partial charge in [0.15, 0.2) is 0 Å². The van der Waals surface area contributed by atoms with Gasteiger partial charge in [-0.1, -0.05) is 19.3 Å². The third kappa shape index (κ3) is 2.80. The van der Waals surface area contributed by atoms with Crippen LogP contribution in [-0.4, -0.2) is 31.1 Å². The van der Waals surface area contributed by atoms with Crippen molar-refractivity contribution in [1.82, 2.24) is 4.90 Å². The molecule has 1 aliphatic heterocycles. The molecule has 1 aliphatic rings. The molecule has 1 fully saturated rings. The highest BCUT2D eigenvalue weighted by atomic mass is 15.1. The van der Waals surface area contributed by atoms with Crippen LogP contribution in [0, 0.1) is 0 Å². The molecule has 11 heavy (non-hydrogen) atoms. The van der Waals surface area contributed by atoms with Crippen LogP contribution in [0.15, 0.2) is 0 Å². The molecule has 0 bridgehead atoms. The number of nitrogens with two attached hydrogens (primary N) is 1. The van der Waals surface area contributed by atoms with Crippen molar-refractivity contribution in [3.63, 3.8) is 0 Å². The Bertz CT molecular complexity index is 104. The summed E-state index contributed by atoms with van der Waals surface area (Å²) in [4.78, 5) is 2.42. The normalized spacial score (nSPS) is 29.5. The lowest BCUT2D eigenvalue weighted by Gasteiger charge is -2.28. The van der Waals surface area contributed by atoms with Crippen LogP contribution in [0.3, 0.4) is 0 Å². The standard InChI is InChI=1S/C9H20N2/c1-11-7-5-3-2-4-6-9(11)8-10/h9H,2-8,10H2,1H3. The minimum Gasteiger partial charge on any atom is -0.329 e. The molecule has 0 aromatic heterocycles. The van der Waals surface area contributed by atoms with Gasteiger partial charge in [0.05, 0.1) is 0 Å². The van der Waals surface area contributed by atoms with E-state index in [0.29, 0.717) is 6.04 Å². The summed E-state index contributed by atoms with van der Waals surface area (Å²) in [5.74, 6) is 0. The third-order valence-electron chi connectivity index (χ3n) is 2.69. The Morgan fingerprint density at radius 2 is 2.00 bits per heavy atom. The van der Waals surface area contributed by atoms with Gasteiger partial charge in [-0.2, -0.15) is 0 Å². The molecule has 0 aromatic carbocycles. The Morgan fingerprint density at radius 3 is 2.73 bits per heavy atom. The zero-order valence-corrected chi connectivity index (χ0v) is 7.55. The van der Waals surface area contributed by atoms with Crippen LogP contribution in [0.2, 0.25) is 0 Å². The van der Waals surface area contributed by atoms with Gasteiger partial charge >= 0.3 is 0 Å². The maximum absolute atomic E-state index is 5.67. The van der Waals surface area contributed by atoms with Crippen molar-refractivity contribution in [2.24, 2.45) is 5.73 Å². The van der Waals surface area contributed by atoms with Gasteiger partial charge in [0.2, 0.25) is 0 Å². The summed E-state index contributed by atoms with van der Waals surface area (Å²) in [6.07, 6.45) is 6.83. The molecule has 0 radical (unpaired) electrons. The van der Waals surface area contributed by atoms with E-state index in [1.54, 1.807) is 0 Å². The van der Waals surface area contributed by atoms with Gasteiger partial charge in [-0.15, -0.1) is 0 Å². The second kappa shape index (κ2) is 4.73. The van der Waals surface area contributed by atoms with E-state index in [9.17, 15) is 0 Å². The van der Waals surface area contributed by atoms with Gasteiger partial charge in [0.1, 0.15) is 0 Å². The van der Waals surface area contributed by atoms with E-state index in [4.69, 9.17) is 5.73 Å². The highest BCUT2D eigenvalue weighted by Gasteiger charge is 2.13. The van der Waals surface area contributed by atoms with Crippen molar-refractivity contribution < 1.29 is 0 Å². The first-order chi connectivity index (χ1) is 5.34. The second-order valence-electron chi connectivity index (χ2n) is 3.57. The lowest BCUT2D eigenvalue weighted by atomic mass is 10.0. The SMILES string of the molecule is CN1CCCCCCC1CN. The molecule has 2 nitrogen and oxygen atoms in total. The van der Waals surface area contributed by atoms with Crippen LogP contribution in [0.4, 0.5) is 0 Å². The summed E-state index contributed by atoms with van der Waals surface area (Å²) in [5, 5.41) is 0. The monoisotopic (exact) mass is 156 g/mol. The van der Waals surface area contributed by atoms with Crippen molar-refractivity contribution in [2.75, 3.05) is 20.1 Å². The molecule has 1 unspecified atom stereocenters. The van der Waals surface area contributed by atoms with Crippen molar-refractivity contribution >= 4 is 0 Å². The molecule has 2 heteroatoms. The van der Waals surface area contributed by atoms with E-state index in [1.165, 1.54) is 38.6 Å². The van der Waals surface area contributed by atoms with E-state index in [0.717, 1.165) is 6.54 Å². The lowest BCUT2D eigenvalue weighted by Crippen LogP contribution is -2.39. The third-order valence-corrected chi connectivity index (χ3v) is 2.69. The first-order valence-electron chi connectivity index (χ1n) is 4.75. The van der Waals surface area contributed by atoms with Crippen LogP contribution < -0.4 is 5.73 Å². The zero-order chi connectivity index (χ0) is 8.10. The minimum absolute atomic E-state index is 0.648. The van der Waals surface area contributed by atoms with Gasteiger partial charge in [0.25, 0.3) is 0 Å². The van der Waals surface area contributed by atoms with Crippen molar-refractivity contribution in [2.45, 2.75) is 38.1 Å². The Morgan fingerprint density at radius 1 is 1.27 bits per heavy atom. The Balaban J connectivity index is 2.33. The first-order valence-corrected chi connectivity index (χ1v) is 4.75. The minimum atomic E-state index is 0.648. The number of nitrogens with zero attached hydrogens (tertiary/aromatic N) is 1. The zero-order valence-electron chi connectivity index (χ0n) is 7.55. The molecule has 2 N–H and O–H groups in total. The van der Waals surface area contributed by atoms with Crippen LogP contribution in [0.5, 0.6) is 0 Å². The van der Waals surface area contributed by atoms with Crippen LogP contribution in [0.1, 0.15) is 32.1 Å². The summed E-state index contributed by atoms with van der Waals surface area (Å²) >= 11 is 0. The summed E-state index contributed by atoms with van der Waals surface area (Å²) in [5.41, 5.74) is 5.67. The predicted molar refractivity (Wildman–Crippen MR) is 48.6 cm³/mol. The number of hydrogen-bond donors (Lipinski definition) is 1. The Labute approximate surface area is 69.8 Å². The lowest BCUT2D eigenvalue weighted by molar-refractivity contribution is 0.212. The highest BCUT2D eigenvalue weighted by molar-refractivity contribution is 4.71. The topological polar surface area (TPSA) is 29.3 Å². The summed E-state index contributed by atoms with van der Waals surface area (Å²) in [7, 11) is 2.20. The molecule has 1 heterocycles. The summed E-state index contributed by atoms with van der Waals surface area (Å²) in [6, 6.07) is 0.648. The maximum atomic E-state index is 5.67. The van der Waals surface area contributed by atoms with E-state index < -0.39 is 0 Å². The van der Waals surface area contributed by atoms with Crippen LogP contribution in [-0.2, 0) is 0 Å². The molecule has 1 saturated heterocycles. The molecule has 0 saturated carbocycles. The summed E-state index contributed by atoms with van der Waals surface area (Å²) in [6.45, 7) is 2.07. The molecular weight excluding hydrogens is 136 g/mol. The number of likely N-dealkylation sites (tertiary alicyclic amines) is 1. The van der Waals surface area contributed by atoms with E-state index in [1.807, 2.05) is 0 Å². The van der Waals surface area contributed by atoms with E-state index in [2.05, 4.69) is 11.9 Å². The van der Waals surface area contributed by atoms with Gasteiger partial charge < -0.3 is 10.6 Å². The van der Waals surface area contributed by atoms with Gasteiger partial charge in [-0.3, -0.25) is 0 Å². The predicted octanol–water partition coefficient (Wildman–Crippen LogP) is 1.21. The average Bonchev–Trinajstić information content (AvgIpc) is 1.98. The van der Waals surface area contributed by atoms with Gasteiger partial charge in [-0.25, -0.2) is 0 Å². The van der Waals surface area contributed by atoms with E-state index >= 15 is 0 Å². The maximum Gasteiger partial charge on any atom is 0.0215 e.